The highest BCUT2D eigenvalue weighted by atomic mass is 16.5. The van der Waals surface area contributed by atoms with Gasteiger partial charge in [0.1, 0.15) is 28.9 Å². The van der Waals surface area contributed by atoms with E-state index in [0.717, 1.165) is 18.4 Å². The minimum atomic E-state index is -0.519. The zero-order valence-corrected chi connectivity index (χ0v) is 23.9. The summed E-state index contributed by atoms with van der Waals surface area (Å²) in [6.45, 7) is 9.86. The van der Waals surface area contributed by atoms with Crippen molar-refractivity contribution in [2.75, 3.05) is 19.8 Å². The Balaban J connectivity index is 1.60. The number of esters is 1. The first-order chi connectivity index (χ1) is 19.8. The van der Waals surface area contributed by atoms with Gasteiger partial charge in [-0.25, -0.2) is 4.79 Å². The first-order valence-corrected chi connectivity index (χ1v) is 13.9. The summed E-state index contributed by atoms with van der Waals surface area (Å²) in [6, 6.07) is 19.7. The Morgan fingerprint density at radius 2 is 1.71 bits per heavy atom. The molecule has 0 bridgehead atoms. The molecule has 8 nitrogen and oxygen atoms in total. The Labute approximate surface area is 241 Å². The summed E-state index contributed by atoms with van der Waals surface area (Å²) in [6.07, 6.45) is 1.82. The fraction of sp³-hybridized carbons (Fsp3) is 0.333. The Morgan fingerprint density at radius 1 is 0.951 bits per heavy atom. The maximum atomic E-state index is 12.8. The number of rotatable bonds is 12. The van der Waals surface area contributed by atoms with Gasteiger partial charge in [-0.1, -0.05) is 32.9 Å². The van der Waals surface area contributed by atoms with Gasteiger partial charge in [-0.3, -0.25) is 0 Å². The predicted molar refractivity (Wildman–Crippen MR) is 155 cm³/mol. The largest absolute Gasteiger partial charge is 0.494 e. The Morgan fingerprint density at radius 3 is 2.39 bits per heavy atom. The maximum absolute atomic E-state index is 12.8. The van der Waals surface area contributed by atoms with Gasteiger partial charge >= 0.3 is 5.97 Å². The number of carbonyl (C=O) groups is 1. The molecule has 0 aromatic heterocycles. The van der Waals surface area contributed by atoms with Gasteiger partial charge in [-0.15, -0.1) is 0 Å². The number of carbonyl (C=O) groups excluding carboxylic acids is 1. The van der Waals surface area contributed by atoms with Crippen LogP contribution >= 0.6 is 0 Å². The van der Waals surface area contributed by atoms with E-state index in [4.69, 9.17) is 29.4 Å². The molecule has 0 amide bonds. The second kappa shape index (κ2) is 13.6. The van der Waals surface area contributed by atoms with Gasteiger partial charge in [0.05, 0.1) is 31.3 Å². The molecule has 0 radical (unpaired) electrons. The first kappa shape index (κ1) is 29.3. The average Bonchev–Trinajstić information content (AvgIpc) is 2.96. The van der Waals surface area contributed by atoms with Crippen LogP contribution in [-0.4, -0.2) is 25.8 Å². The Hall–Kier alpha value is -4.64. The summed E-state index contributed by atoms with van der Waals surface area (Å²) in [5.74, 6) is 2.10. The van der Waals surface area contributed by atoms with Crippen LogP contribution in [0.3, 0.4) is 0 Å². The minimum Gasteiger partial charge on any atom is -0.494 e. The summed E-state index contributed by atoms with van der Waals surface area (Å²) in [7, 11) is 0. The lowest BCUT2D eigenvalue weighted by molar-refractivity contribution is 0.0734. The van der Waals surface area contributed by atoms with Crippen molar-refractivity contribution in [2.45, 2.75) is 46.5 Å². The van der Waals surface area contributed by atoms with E-state index in [1.54, 1.807) is 42.5 Å². The number of nitriles is 1. The second-order valence-corrected chi connectivity index (χ2v) is 10.1. The quantitative estimate of drug-likeness (QED) is 0.193. The minimum absolute atomic E-state index is 0.00800. The third kappa shape index (κ3) is 7.12. The van der Waals surface area contributed by atoms with Crippen LogP contribution in [0.4, 0.5) is 0 Å². The van der Waals surface area contributed by atoms with Crippen molar-refractivity contribution >= 4 is 5.97 Å². The summed E-state index contributed by atoms with van der Waals surface area (Å²) >= 11 is 0. The van der Waals surface area contributed by atoms with E-state index in [9.17, 15) is 10.1 Å². The number of ether oxygens (including phenoxy) is 5. The van der Waals surface area contributed by atoms with Crippen LogP contribution in [0.5, 0.6) is 28.7 Å². The van der Waals surface area contributed by atoms with Crippen LogP contribution in [0.2, 0.25) is 0 Å². The molecule has 8 heteroatoms. The van der Waals surface area contributed by atoms with Crippen molar-refractivity contribution in [3.05, 3.63) is 88.8 Å². The standard InChI is InChI=1S/C33H36N2O6/c1-5-16-38-24-10-7-22(8-11-24)33(36)40-25-12-13-26-29(19-25)41-32(35)27(20-34)31(26)23-9-14-28(30(18-23)37-6-2)39-17-15-21(3)4/h7-14,18-19,21,31H,5-6,15-17,35H2,1-4H3. The monoisotopic (exact) mass is 556 g/mol. The van der Waals surface area contributed by atoms with Crippen LogP contribution in [0, 0.1) is 17.2 Å². The number of hydrogen-bond acceptors (Lipinski definition) is 8. The van der Waals surface area contributed by atoms with Crippen LogP contribution in [0.25, 0.3) is 0 Å². The highest BCUT2D eigenvalue weighted by molar-refractivity contribution is 5.91. The van der Waals surface area contributed by atoms with E-state index >= 15 is 0 Å². The van der Waals surface area contributed by atoms with Crippen molar-refractivity contribution in [1.29, 1.82) is 5.26 Å². The smallest absolute Gasteiger partial charge is 0.343 e. The molecule has 41 heavy (non-hydrogen) atoms. The van der Waals surface area contributed by atoms with E-state index < -0.39 is 11.9 Å². The lowest BCUT2D eigenvalue weighted by Crippen LogP contribution is -2.21. The lowest BCUT2D eigenvalue weighted by Gasteiger charge is -2.27. The number of hydrogen-bond donors (Lipinski definition) is 1. The molecule has 3 aromatic carbocycles. The molecule has 1 atom stereocenters. The maximum Gasteiger partial charge on any atom is 0.343 e. The van der Waals surface area contributed by atoms with Crippen molar-refractivity contribution in [2.24, 2.45) is 11.7 Å². The summed E-state index contributed by atoms with van der Waals surface area (Å²) in [5.41, 5.74) is 8.38. The summed E-state index contributed by atoms with van der Waals surface area (Å²) in [4.78, 5) is 12.8. The van der Waals surface area contributed by atoms with Gasteiger partial charge in [0.15, 0.2) is 11.5 Å². The van der Waals surface area contributed by atoms with Crippen molar-refractivity contribution < 1.29 is 28.5 Å². The van der Waals surface area contributed by atoms with E-state index in [1.807, 2.05) is 32.0 Å². The number of fused-ring (bicyclic) bond motifs is 1. The third-order valence-electron chi connectivity index (χ3n) is 6.52. The molecular formula is C33H36N2O6. The van der Waals surface area contributed by atoms with Gasteiger partial charge in [0.25, 0.3) is 0 Å². The predicted octanol–water partition coefficient (Wildman–Crippen LogP) is 6.74. The molecular weight excluding hydrogens is 520 g/mol. The number of nitrogens with two attached hydrogens (primary N) is 1. The molecule has 0 fully saturated rings. The van der Waals surface area contributed by atoms with E-state index in [-0.39, 0.29) is 17.2 Å². The molecule has 1 heterocycles. The van der Waals surface area contributed by atoms with Crippen LogP contribution in [0.15, 0.2) is 72.1 Å². The Kier molecular flexibility index (Phi) is 9.75. The van der Waals surface area contributed by atoms with Crippen LogP contribution < -0.4 is 29.4 Å². The summed E-state index contributed by atoms with van der Waals surface area (Å²) in [5, 5.41) is 9.98. The van der Waals surface area contributed by atoms with E-state index in [1.165, 1.54) is 0 Å². The normalized spacial score (nSPS) is 14.1. The number of allylic oxidation sites excluding steroid dienone is 1. The zero-order chi connectivity index (χ0) is 29.4. The first-order valence-electron chi connectivity index (χ1n) is 13.9. The van der Waals surface area contributed by atoms with E-state index in [2.05, 4.69) is 19.9 Å². The van der Waals surface area contributed by atoms with Gasteiger partial charge in [0.2, 0.25) is 5.88 Å². The van der Waals surface area contributed by atoms with Crippen LogP contribution in [-0.2, 0) is 0 Å². The fourth-order valence-corrected chi connectivity index (χ4v) is 4.41. The molecule has 4 rings (SSSR count). The van der Waals surface area contributed by atoms with Crippen molar-refractivity contribution in [3.63, 3.8) is 0 Å². The fourth-order valence-electron chi connectivity index (χ4n) is 4.41. The van der Waals surface area contributed by atoms with Crippen LogP contribution in [0.1, 0.15) is 67.9 Å². The zero-order valence-electron chi connectivity index (χ0n) is 23.9. The van der Waals surface area contributed by atoms with E-state index in [0.29, 0.717) is 59.9 Å². The number of benzene rings is 3. The molecule has 0 aliphatic carbocycles. The topological polar surface area (TPSA) is 113 Å². The van der Waals surface area contributed by atoms with Gasteiger partial charge < -0.3 is 29.4 Å². The third-order valence-corrected chi connectivity index (χ3v) is 6.52. The second-order valence-electron chi connectivity index (χ2n) is 10.1. The molecule has 1 aliphatic heterocycles. The van der Waals surface area contributed by atoms with Crippen molar-refractivity contribution in [1.82, 2.24) is 0 Å². The SMILES string of the molecule is CCCOc1ccc(C(=O)Oc2ccc3c(c2)OC(N)=C(C#N)C3c2ccc(OCCC(C)C)c(OCC)c2)cc1. The molecule has 0 saturated carbocycles. The Bertz CT molecular complexity index is 1440. The molecule has 0 spiro atoms. The molecule has 1 aliphatic rings. The van der Waals surface area contributed by atoms with Crippen molar-refractivity contribution in [3.8, 4) is 34.8 Å². The highest BCUT2D eigenvalue weighted by Crippen LogP contribution is 2.45. The molecule has 3 aromatic rings. The lowest BCUT2D eigenvalue weighted by atomic mass is 9.83. The molecule has 0 saturated heterocycles. The van der Waals surface area contributed by atoms with Gasteiger partial charge in [0, 0.05) is 11.6 Å². The summed E-state index contributed by atoms with van der Waals surface area (Å²) < 4.78 is 28.9. The van der Waals surface area contributed by atoms with Gasteiger partial charge in [-0.05, 0) is 73.7 Å². The number of nitrogens with zero attached hydrogens (tertiary/aromatic N) is 1. The highest BCUT2D eigenvalue weighted by Gasteiger charge is 2.32. The molecule has 214 valence electrons. The average molecular weight is 557 g/mol. The molecule has 1 unspecified atom stereocenters. The van der Waals surface area contributed by atoms with Gasteiger partial charge in [-0.2, -0.15) is 5.26 Å². The molecule has 2 N–H and O–H groups in total.